The SMILES string of the molecule is C.CC1(C)OB(B2OC(C)(C)C(C)(C)O2)OC1(C)C.CC1(C)OB(c2ccnc(NC(=O)C3CC3(F)F)c2)OC1(C)C.Nc1cc(Br)ccn1.O=C(Nc1cc(Br)ccn1)C1CC1(F)F.O=C(O)C1CC1(F)F. The summed E-state index contributed by atoms with van der Waals surface area (Å²) in [5.41, 5.74) is 3.58. The lowest BCUT2D eigenvalue weighted by molar-refractivity contribution is -0.140. The van der Waals surface area contributed by atoms with E-state index in [4.69, 9.17) is 38.8 Å². The summed E-state index contributed by atoms with van der Waals surface area (Å²) in [5.74, 6) is -14.3. The second kappa shape index (κ2) is 22.0. The van der Waals surface area contributed by atoms with Gasteiger partial charge in [0.05, 0.1) is 33.6 Å². The largest absolute Gasteiger partial charge is 0.495 e. The van der Waals surface area contributed by atoms with Crippen LogP contribution in [0.5, 0.6) is 0 Å². The van der Waals surface area contributed by atoms with Crippen LogP contribution in [0, 0.1) is 17.8 Å². The van der Waals surface area contributed by atoms with Crippen LogP contribution in [0.1, 0.15) is 110 Å². The van der Waals surface area contributed by atoms with Gasteiger partial charge in [0, 0.05) is 46.8 Å². The molecule has 3 aliphatic heterocycles. The number of rotatable bonds is 7. The van der Waals surface area contributed by atoms with Gasteiger partial charge < -0.3 is 49.4 Å². The van der Waals surface area contributed by atoms with Crippen LogP contribution in [-0.2, 0) is 42.3 Å². The van der Waals surface area contributed by atoms with Gasteiger partial charge >= 0.3 is 27.1 Å². The van der Waals surface area contributed by atoms with Gasteiger partial charge in [-0.05, 0) is 125 Å². The van der Waals surface area contributed by atoms with E-state index in [-0.39, 0.29) is 47.9 Å². The summed E-state index contributed by atoms with van der Waals surface area (Å²) in [6, 6.07) is 10.1. The highest BCUT2D eigenvalue weighted by Crippen LogP contribution is 2.50. The molecule has 0 bridgehead atoms. The lowest BCUT2D eigenvalue weighted by atomic mass is 9.49. The van der Waals surface area contributed by atoms with Crippen molar-refractivity contribution in [1.29, 1.82) is 0 Å². The molecule has 3 aromatic rings. The van der Waals surface area contributed by atoms with E-state index in [1.165, 1.54) is 12.4 Å². The van der Waals surface area contributed by atoms with E-state index in [0.29, 0.717) is 11.3 Å². The number of carboxylic acids is 1. The highest BCUT2D eigenvalue weighted by Gasteiger charge is 2.65. The molecule has 3 atom stereocenters. The van der Waals surface area contributed by atoms with Crippen LogP contribution in [0.4, 0.5) is 43.8 Å². The van der Waals surface area contributed by atoms with E-state index in [0.717, 1.165) is 8.95 Å². The van der Waals surface area contributed by atoms with Gasteiger partial charge in [0.2, 0.25) is 11.8 Å². The smallest absolute Gasteiger partial charge is 0.481 e. The number of aliphatic carboxylic acids is 1. The number of halogens is 8. The Labute approximate surface area is 439 Å². The number of nitrogens with one attached hydrogen (secondary N) is 2. The molecule has 3 saturated carbocycles. The number of pyridine rings is 3. The Kier molecular flexibility index (Phi) is 18.6. The first-order valence-electron chi connectivity index (χ1n) is 22.7. The van der Waals surface area contributed by atoms with Crippen molar-refractivity contribution >= 4 is 93.7 Å². The van der Waals surface area contributed by atoms with Crippen molar-refractivity contribution in [1.82, 2.24) is 15.0 Å². The number of carboxylic acid groups (broad SMARTS) is 1. The fourth-order valence-electron chi connectivity index (χ4n) is 6.44. The molecule has 0 spiro atoms. The fourth-order valence-corrected chi connectivity index (χ4v) is 7.13. The van der Waals surface area contributed by atoms with E-state index in [1.807, 2.05) is 89.2 Å². The maximum absolute atomic E-state index is 12.9. The van der Waals surface area contributed by atoms with Crippen LogP contribution in [0.2, 0.25) is 0 Å². The Morgan fingerprint density at radius 1 is 0.562 bits per heavy atom. The van der Waals surface area contributed by atoms with Crippen LogP contribution in [-0.4, -0.2) is 110 Å². The molecule has 6 heterocycles. The zero-order valence-corrected chi connectivity index (χ0v) is 45.0. The number of amides is 2. The summed E-state index contributed by atoms with van der Waals surface area (Å²) in [4.78, 5) is 44.3. The van der Waals surface area contributed by atoms with Crippen molar-refractivity contribution in [2.75, 3.05) is 16.4 Å². The number of carbonyl (C=O) groups is 3. The number of hydrogen-bond donors (Lipinski definition) is 4. The fraction of sp³-hybridized carbons (Fsp3) is 0.609. The van der Waals surface area contributed by atoms with Crippen molar-refractivity contribution in [3.05, 3.63) is 63.9 Å². The third-order valence-corrected chi connectivity index (χ3v) is 14.4. The Morgan fingerprint density at radius 2 is 0.877 bits per heavy atom. The first kappa shape index (κ1) is 61.7. The summed E-state index contributed by atoms with van der Waals surface area (Å²) in [7, 11) is -1.55. The molecule has 9 rings (SSSR count). The third kappa shape index (κ3) is 15.6. The molecule has 402 valence electrons. The lowest BCUT2D eigenvalue weighted by Gasteiger charge is -2.32. The van der Waals surface area contributed by atoms with Crippen molar-refractivity contribution < 1.29 is 73.8 Å². The summed E-state index contributed by atoms with van der Waals surface area (Å²) >= 11 is 6.43. The molecule has 73 heavy (non-hydrogen) atoms. The minimum absolute atomic E-state index is 0. The molecule has 3 aliphatic carbocycles. The molecule has 3 aromatic heterocycles. The van der Waals surface area contributed by atoms with Crippen LogP contribution >= 0.6 is 31.9 Å². The van der Waals surface area contributed by atoms with Crippen molar-refractivity contribution in [2.24, 2.45) is 17.8 Å². The average molecular weight is 1170 g/mol. The van der Waals surface area contributed by atoms with Crippen LogP contribution in [0.15, 0.2) is 63.9 Å². The minimum Gasteiger partial charge on any atom is -0.481 e. The normalized spacial score (nSPS) is 25.4. The number of alkyl halides is 6. The highest BCUT2D eigenvalue weighted by molar-refractivity contribution is 9.10. The quantitative estimate of drug-likeness (QED) is 0.128. The van der Waals surface area contributed by atoms with Crippen LogP contribution < -0.4 is 21.8 Å². The maximum Gasteiger partial charge on any atom is 0.495 e. The zero-order valence-electron chi connectivity index (χ0n) is 41.8. The third-order valence-electron chi connectivity index (χ3n) is 13.5. The van der Waals surface area contributed by atoms with Crippen molar-refractivity contribution in [2.45, 2.75) is 161 Å². The van der Waals surface area contributed by atoms with Gasteiger partial charge in [-0.3, -0.25) is 14.4 Å². The predicted octanol–water partition coefficient (Wildman–Crippen LogP) is 9.45. The molecular formula is C46H63B3Br2F6N6O10. The van der Waals surface area contributed by atoms with Crippen LogP contribution in [0.3, 0.4) is 0 Å². The van der Waals surface area contributed by atoms with Gasteiger partial charge in [-0.2, -0.15) is 0 Å². The Bertz CT molecular complexity index is 2380. The van der Waals surface area contributed by atoms with E-state index < -0.39 is 98.5 Å². The molecule has 5 N–H and O–H groups in total. The summed E-state index contributed by atoms with van der Waals surface area (Å²) in [6.07, 6.45) is 3.36. The summed E-state index contributed by atoms with van der Waals surface area (Å²) in [5, 5.41) is 12.7. The predicted molar refractivity (Wildman–Crippen MR) is 271 cm³/mol. The second-order valence-electron chi connectivity index (χ2n) is 20.9. The maximum atomic E-state index is 12.9. The number of aromatic nitrogens is 3. The number of nitrogens with zero attached hydrogens (tertiary/aromatic N) is 3. The molecule has 2 amide bonds. The molecule has 0 aromatic carbocycles. The molecular weight excluding hydrogens is 1100 g/mol. The Hall–Kier alpha value is -3.85. The minimum atomic E-state index is -2.91. The summed E-state index contributed by atoms with van der Waals surface area (Å²) in [6.45, 7) is 24.0. The van der Waals surface area contributed by atoms with Gasteiger partial charge in [-0.1, -0.05) is 39.3 Å². The van der Waals surface area contributed by atoms with Gasteiger partial charge in [0.15, 0.2) is 0 Å². The molecule has 6 aliphatic rings. The van der Waals surface area contributed by atoms with E-state index in [2.05, 4.69) is 57.4 Å². The molecule has 16 nitrogen and oxygen atoms in total. The zero-order chi connectivity index (χ0) is 54.4. The first-order chi connectivity index (χ1) is 32.7. The molecule has 6 fully saturated rings. The lowest BCUT2D eigenvalue weighted by Crippen LogP contribution is -2.41. The van der Waals surface area contributed by atoms with Gasteiger partial charge in [-0.25, -0.2) is 41.3 Å². The van der Waals surface area contributed by atoms with E-state index in [1.54, 1.807) is 36.5 Å². The molecule has 3 unspecified atom stereocenters. The number of carbonyl (C=O) groups excluding carboxylic acids is 2. The van der Waals surface area contributed by atoms with Gasteiger partial charge in [0.1, 0.15) is 35.2 Å². The molecule has 3 saturated heterocycles. The second-order valence-corrected chi connectivity index (χ2v) is 22.8. The average Bonchev–Trinajstić information content (AvgIpc) is 4.14. The monoisotopic (exact) mass is 1160 g/mol. The summed E-state index contributed by atoms with van der Waals surface area (Å²) < 4.78 is 112. The number of nitrogens with two attached hydrogens (primary N) is 1. The highest BCUT2D eigenvalue weighted by atomic mass is 79.9. The number of anilines is 3. The van der Waals surface area contributed by atoms with Crippen molar-refractivity contribution in [3.8, 4) is 0 Å². The topological polar surface area (TPSA) is 216 Å². The van der Waals surface area contributed by atoms with E-state index >= 15 is 0 Å². The Balaban J connectivity index is 0.000000208. The van der Waals surface area contributed by atoms with Crippen molar-refractivity contribution in [3.63, 3.8) is 0 Å². The number of nitrogen functional groups attached to an aromatic ring is 1. The van der Waals surface area contributed by atoms with Crippen LogP contribution in [0.25, 0.3) is 0 Å². The molecule has 0 radical (unpaired) electrons. The standard InChI is InChI=1S/C15H19BF2N2O3.C12H24B2O4.C9H7BrF2N2O.C5H5BrN2.C4H4F2O2.CH4/c1-13(2)14(3,4)23-16(22-13)9-5-6-19-11(7-9)20-12(21)10-8-15(10,17)18;1-9(2)10(3,4)16-13(15-9)14-17-11(5,6)12(7,8)18-14;10-5-1-2-13-7(3-5)14-8(15)6-4-9(6,11)12;6-4-1-2-8-5(7)3-4;5-4(6)1-2(4)3(7)8;/h5-7,10H,8H2,1-4H3,(H,19,20,21);1-8H3;1-3,6H,4H2,(H,13,14,15);1-3H,(H2,7,8);2H,1H2,(H,7,8);1H4. The first-order valence-corrected chi connectivity index (χ1v) is 24.3. The number of hydrogen-bond acceptors (Lipinski definition) is 13. The van der Waals surface area contributed by atoms with Gasteiger partial charge in [0.25, 0.3) is 17.8 Å². The van der Waals surface area contributed by atoms with Gasteiger partial charge in [-0.15, -0.1) is 0 Å². The molecule has 27 heteroatoms. The Morgan fingerprint density at radius 3 is 1.16 bits per heavy atom. The van der Waals surface area contributed by atoms with E-state index in [9.17, 15) is 40.7 Å².